The van der Waals surface area contributed by atoms with Crippen LogP contribution in [0.5, 0.6) is 0 Å². The first-order valence-electron chi connectivity index (χ1n) is 32.1. The second-order valence-corrected chi connectivity index (χ2v) is 21.5. The fraction of sp³-hybridized carbons (Fsp3) is 0. The van der Waals surface area contributed by atoms with E-state index < -0.39 is 87.7 Å². The van der Waals surface area contributed by atoms with E-state index >= 15 is 0 Å². The average Bonchev–Trinajstić information content (AvgIpc) is 0.871. The van der Waals surface area contributed by atoms with Crippen molar-refractivity contribution >= 4 is 17.9 Å². The van der Waals surface area contributed by atoms with Crippen LogP contribution < -0.4 is 15.3 Å². The minimum absolute atomic E-state index is 0. The van der Waals surface area contributed by atoms with Crippen molar-refractivity contribution < 1.29 is 102 Å². The number of carbonyl (C=O) groups is 3. The summed E-state index contributed by atoms with van der Waals surface area (Å²) in [6.07, 6.45) is 13.6. The second kappa shape index (κ2) is 46.2. The third-order valence-corrected chi connectivity index (χ3v) is 13.9. The van der Waals surface area contributed by atoms with Crippen LogP contribution in [-0.2, 0) is 20.1 Å². The molecular formula is C84H54F12IrN9O6. The number of aromatic carboxylic acids is 3. The minimum Gasteiger partial charge on any atom is -0.543 e. The van der Waals surface area contributed by atoms with E-state index in [0.29, 0.717) is 67.5 Å². The van der Waals surface area contributed by atoms with E-state index in [2.05, 4.69) is 44.9 Å². The molecule has 0 aliphatic rings. The van der Waals surface area contributed by atoms with Crippen molar-refractivity contribution in [3.63, 3.8) is 0 Å². The number of pyridine rings is 9. The molecule has 0 atom stereocenters. The fourth-order valence-electron chi connectivity index (χ4n) is 8.77. The summed E-state index contributed by atoms with van der Waals surface area (Å²) >= 11 is 0. The van der Waals surface area contributed by atoms with Gasteiger partial charge in [-0.3, -0.25) is 44.9 Å². The summed E-state index contributed by atoms with van der Waals surface area (Å²) in [6, 6.07) is 65.6. The van der Waals surface area contributed by atoms with E-state index in [-0.39, 0.29) is 37.2 Å². The van der Waals surface area contributed by atoms with Gasteiger partial charge in [0.15, 0.2) is 0 Å². The molecule has 0 amide bonds. The van der Waals surface area contributed by atoms with E-state index in [1.165, 1.54) is 110 Å². The molecule has 9 heterocycles. The molecule has 15 nitrogen and oxygen atoms in total. The smallest absolute Gasteiger partial charge is 0.543 e. The van der Waals surface area contributed by atoms with Crippen molar-refractivity contribution in [1.82, 2.24) is 44.9 Å². The van der Waals surface area contributed by atoms with Gasteiger partial charge in [-0.1, -0.05) is 54.6 Å². The van der Waals surface area contributed by atoms with Crippen LogP contribution in [-0.4, -0.2) is 62.8 Å². The van der Waals surface area contributed by atoms with Gasteiger partial charge >= 0.3 is 20.1 Å². The molecule has 15 aromatic rings. The molecule has 0 bridgehead atoms. The van der Waals surface area contributed by atoms with Gasteiger partial charge in [0.2, 0.25) is 0 Å². The SMILES string of the molecule is Fc1ccc(-c2ccccn2)c(F)c1.Fc1ccc(-c2ccccn2)c(F)c1.Fc1ccc(-c2ccccn2)c(F)c1.Fc1ccc(-c2ccccn2)c(F)c1.Fc1ccc(-c2ccccn2)c(F)c1.Fc1ccc(-c2ccccn2)c(F)c1.O=C([O-])c1ccccn1.O=C([O-])c1ccccn1.O=C([O-])c1ccccn1.[Ir+3]. The van der Waals surface area contributed by atoms with Gasteiger partial charge in [0.1, 0.15) is 69.8 Å². The van der Waals surface area contributed by atoms with Crippen molar-refractivity contribution in [2.24, 2.45) is 0 Å². The summed E-state index contributed by atoms with van der Waals surface area (Å²) in [6.45, 7) is 0. The Hall–Kier alpha value is -14.1. The van der Waals surface area contributed by atoms with E-state index in [1.807, 2.05) is 0 Å². The number of rotatable bonds is 9. The Morgan fingerprint density at radius 2 is 0.339 bits per heavy atom. The van der Waals surface area contributed by atoms with E-state index in [9.17, 15) is 82.4 Å². The molecule has 0 unspecified atom stereocenters. The van der Waals surface area contributed by atoms with Crippen LogP contribution in [0.25, 0.3) is 67.5 Å². The number of aromatic nitrogens is 9. The number of benzene rings is 6. The van der Waals surface area contributed by atoms with Crippen molar-refractivity contribution in [1.29, 1.82) is 0 Å². The van der Waals surface area contributed by atoms with Gasteiger partial charge in [0, 0.05) is 126 Å². The van der Waals surface area contributed by atoms with Crippen molar-refractivity contribution in [3.05, 3.63) is 416 Å². The number of nitrogens with zero attached hydrogens (tertiary/aromatic N) is 9. The number of hydrogen-bond acceptors (Lipinski definition) is 15. The molecule has 0 fully saturated rings. The quantitative estimate of drug-likeness (QED) is 0.122. The molecule has 0 saturated heterocycles. The van der Waals surface area contributed by atoms with Crippen LogP contribution in [0.1, 0.15) is 31.5 Å². The first-order valence-corrected chi connectivity index (χ1v) is 32.1. The molecule has 28 heteroatoms. The van der Waals surface area contributed by atoms with Crippen LogP contribution in [0.4, 0.5) is 52.7 Å². The Bertz CT molecular complexity index is 4590. The molecule has 0 spiro atoms. The molecular weight excluding hydrogens is 1650 g/mol. The predicted molar refractivity (Wildman–Crippen MR) is 383 cm³/mol. The first-order chi connectivity index (χ1) is 53.5. The summed E-state index contributed by atoms with van der Waals surface area (Å²) < 4.78 is 155. The van der Waals surface area contributed by atoms with Gasteiger partial charge in [-0.05, 0) is 182 Å². The van der Waals surface area contributed by atoms with Crippen LogP contribution >= 0.6 is 0 Å². The molecule has 564 valence electrons. The van der Waals surface area contributed by atoms with Crippen LogP contribution in [0.3, 0.4) is 0 Å². The molecule has 15 rings (SSSR count). The zero-order valence-corrected chi connectivity index (χ0v) is 59.9. The zero-order valence-electron chi connectivity index (χ0n) is 57.5. The Morgan fingerprint density at radius 3 is 0.438 bits per heavy atom. The molecule has 0 N–H and O–H groups in total. The van der Waals surface area contributed by atoms with Crippen LogP contribution in [0.2, 0.25) is 0 Å². The van der Waals surface area contributed by atoms with E-state index in [0.717, 1.165) is 36.4 Å². The second-order valence-electron chi connectivity index (χ2n) is 21.5. The molecule has 0 radical (unpaired) electrons. The summed E-state index contributed by atoms with van der Waals surface area (Å²) in [7, 11) is 0. The van der Waals surface area contributed by atoms with Crippen molar-refractivity contribution in [3.8, 4) is 67.5 Å². The molecule has 112 heavy (non-hydrogen) atoms. The third-order valence-electron chi connectivity index (χ3n) is 13.9. The van der Waals surface area contributed by atoms with Crippen molar-refractivity contribution in [2.75, 3.05) is 0 Å². The number of carboxylic acids is 3. The molecule has 9 aromatic heterocycles. The van der Waals surface area contributed by atoms with E-state index in [1.54, 1.807) is 183 Å². The Labute approximate surface area is 645 Å². The van der Waals surface area contributed by atoms with E-state index in [4.69, 9.17) is 0 Å². The normalized spacial score (nSPS) is 9.75. The number of carbonyl (C=O) groups excluding carboxylic acids is 3. The summed E-state index contributed by atoms with van der Waals surface area (Å²) in [5.41, 5.74) is 4.81. The summed E-state index contributed by atoms with van der Waals surface area (Å²) in [5, 5.41) is 30.1. The number of halogens is 12. The van der Waals surface area contributed by atoms with Gasteiger partial charge in [-0.25, -0.2) is 52.7 Å². The first kappa shape index (κ1) is 86.8. The monoisotopic (exact) mass is 1710 g/mol. The fourth-order valence-corrected chi connectivity index (χ4v) is 8.77. The largest absolute Gasteiger partial charge is 3.00 e. The molecule has 6 aromatic carbocycles. The van der Waals surface area contributed by atoms with Crippen LogP contribution in [0, 0.1) is 69.8 Å². The van der Waals surface area contributed by atoms with Crippen LogP contribution in [0.15, 0.2) is 329 Å². The summed E-state index contributed by atoms with van der Waals surface area (Å²) in [5.74, 6) is -10.8. The maximum atomic E-state index is 13.3. The number of carboxylic acid groups (broad SMARTS) is 3. The Balaban J connectivity index is 0.000000197. The standard InChI is InChI=1S/6C11H7F2N.3C6H5NO2.Ir/c6*12-8-4-5-9(10(13)7-8)11-3-1-2-6-14-11;3*8-6(9)5-3-1-2-4-7-5;/h6*1-7H;3*1-4H,(H,8,9);/q;;;;;;;;;+3/p-3. The van der Waals surface area contributed by atoms with Gasteiger partial charge in [-0.2, -0.15) is 0 Å². The average molecular weight is 1710 g/mol. The zero-order chi connectivity index (χ0) is 79.9. The topological polar surface area (TPSA) is 236 Å². The molecule has 0 saturated carbocycles. The maximum Gasteiger partial charge on any atom is 3.00 e. The molecule has 0 aliphatic heterocycles. The maximum absolute atomic E-state index is 13.3. The predicted octanol–water partition coefficient (Wildman–Crippen LogP) is 16.5. The Morgan fingerprint density at radius 1 is 0.196 bits per heavy atom. The summed E-state index contributed by atoms with van der Waals surface area (Å²) in [4.78, 5) is 64.5. The third kappa shape index (κ3) is 29.2. The van der Waals surface area contributed by atoms with Gasteiger partial charge in [0.05, 0.1) is 69.2 Å². The van der Waals surface area contributed by atoms with Gasteiger partial charge in [0.25, 0.3) is 0 Å². The molecule has 0 aliphatic carbocycles. The minimum atomic E-state index is -1.24. The van der Waals surface area contributed by atoms with Gasteiger partial charge in [-0.15, -0.1) is 0 Å². The number of hydrogen-bond donors (Lipinski definition) is 0. The van der Waals surface area contributed by atoms with Crippen molar-refractivity contribution in [2.45, 2.75) is 0 Å². The van der Waals surface area contributed by atoms with Gasteiger partial charge < -0.3 is 29.7 Å². The Kier molecular flexibility index (Phi) is 35.8.